The standard InChI is InChI=1S/C13H15BrN4O2S/c1-2-5-15-12-4-3-11(18(19)20)13(17-12)16-7-10-6-9(14)8-21-10/h3-4,6,8H,2,5,7H2,1H3,(H2,15,16,17). The predicted octanol–water partition coefficient (Wildman–Crippen LogP) is 4.25. The second-order valence-electron chi connectivity index (χ2n) is 4.33. The fourth-order valence-electron chi connectivity index (χ4n) is 1.70. The molecule has 0 atom stereocenters. The molecule has 0 unspecified atom stereocenters. The van der Waals surface area contributed by atoms with Crippen LogP contribution in [0.25, 0.3) is 0 Å². The molecule has 2 aromatic rings. The van der Waals surface area contributed by atoms with Crippen molar-refractivity contribution in [3.05, 3.63) is 43.0 Å². The molecule has 0 aromatic carbocycles. The number of hydrogen-bond donors (Lipinski definition) is 2. The molecule has 0 saturated carbocycles. The number of aromatic nitrogens is 1. The first-order chi connectivity index (χ1) is 10.1. The van der Waals surface area contributed by atoms with Crippen LogP contribution < -0.4 is 10.6 Å². The Bertz CT molecular complexity index is 632. The summed E-state index contributed by atoms with van der Waals surface area (Å²) in [5.74, 6) is 0.919. The summed E-state index contributed by atoms with van der Waals surface area (Å²) in [5, 5.41) is 19.2. The van der Waals surface area contributed by atoms with Gasteiger partial charge in [-0.1, -0.05) is 6.92 Å². The van der Waals surface area contributed by atoms with Gasteiger partial charge in [0.2, 0.25) is 5.82 Å². The number of pyridine rings is 1. The number of nitro groups is 1. The molecular formula is C13H15BrN4O2S. The summed E-state index contributed by atoms with van der Waals surface area (Å²) in [6, 6.07) is 5.07. The summed E-state index contributed by atoms with van der Waals surface area (Å²) in [4.78, 5) is 16.0. The lowest BCUT2D eigenvalue weighted by molar-refractivity contribution is -0.384. The van der Waals surface area contributed by atoms with Crippen LogP contribution in [0.2, 0.25) is 0 Å². The van der Waals surface area contributed by atoms with E-state index in [1.54, 1.807) is 17.4 Å². The maximum atomic E-state index is 11.1. The van der Waals surface area contributed by atoms with Crippen molar-refractivity contribution >= 4 is 44.6 Å². The minimum atomic E-state index is -0.427. The molecule has 8 heteroatoms. The SMILES string of the molecule is CCCNc1ccc([N+](=O)[O-])c(NCc2cc(Br)cs2)n1. The van der Waals surface area contributed by atoms with Gasteiger partial charge in [0, 0.05) is 27.3 Å². The molecule has 2 N–H and O–H groups in total. The van der Waals surface area contributed by atoms with E-state index in [1.165, 1.54) is 6.07 Å². The zero-order chi connectivity index (χ0) is 15.2. The van der Waals surface area contributed by atoms with Gasteiger partial charge < -0.3 is 10.6 Å². The first-order valence-electron chi connectivity index (χ1n) is 6.46. The molecule has 2 rings (SSSR count). The number of rotatable bonds is 7. The zero-order valence-electron chi connectivity index (χ0n) is 11.4. The van der Waals surface area contributed by atoms with E-state index >= 15 is 0 Å². The van der Waals surface area contributed by atoms with Gasteiger partial charge in [-0.05, 0) is 34.5 Å². The van der Waals surface area contributed by atoms with Crippen molar-refractivity contribution in [2.45, 2.75) is 19.9 Å². The first-order valence-corrected chi connectivity index (χ1v) is 8.13. The van der Waals surface area contributed by atoms with Crippen molar-refractivity contribution in [2.24, 2.45) is 0 Å². The monoisotopic (exact) mass is 370 g/mol. The van der Waals surface area contributed by atoms with Crippen molar-refractivity contribution in [3.63, 3.8) is 0 Å². The van der Waals surface area contributed by atoms with Crippen molar-refractivity contribution in [3.8, 4) is 0 Å². The molecule has 0 amide bonds. The van der Waals surface area contributed by atoms with Crippen LogP contribution in [0.5, 0.6) is 0 Å². The zero-order valence-corrected chi connectivity index (χ0v) is 13.8. The second-order valence-corrected chi connectivity index (χ2v) is 6.24. The Morgan fingerprint density at radius 1 is 1.43 bits per heavy atom. The number of thiophene rings is 1. The van der Waals surface area contributed by atoms with Gasteiger partial charge in [0.1, 0.15) is 5.82 Å². The van der Waals surface area contributed by atoms with E-state index in [2.05, 4.69) is 31.5 Å². The fraction of sp³-hybridized carbons (Fsp3) is 0.308. The number of nitrogens with zero attached hydrogens (tertiary/aromatic N) is 2. The minimum absolute atomic E-state index is 0.0207. The summed E-state index contributed by atoms with van der Waals surface area (Å²) in [7, 11) is 0. The van der Waals surface area contributed by atoms with Crippen LogP contribution in [-0.4, -0.2) is 16.5 Å². The molecule has 0 saturated heterocycles. The van der Waals surface area contributed by atoms with Crippen LogP contribution in [0.1, 0.15) is 18.2 Å². The minimum Gasteiger partial charge on any atom is -0.370 e. The number of halogens is 1. The third-order valence-electron chi connectivity index (χ3n) is 2.68. The average molecular weight is 371 g/mol. The van der Waals surface area contributed by atoms with Gasteiger partial charge in [-0.25, -0.2) is 4.98 Å². The van der Waals surface area contributed by atoms with Crippen LogP contribution in [0.4, 0.5) is 17.3 Å². The van der Waals surface area contributed by atoms with Crippen molar-refractivity contribution < 1.29 is 4.92 Å². The Hall–Kier alpha value is -1.67. The molecule has 2 aromatic heterocycles. The number of hydrogen-bond acceptors (Lipinski definition) is 6. The molecule has 0 aliphatic carbocycles. The molecule has 21 heavy (non-hydrogen) atoms. The number of nitrogens with one attached hydrogen (secondary N) is 2. The largest absolute Gasteiger partial charge is 0.370 e. The average Bonchev–Trinajstić information content (AvgIpc) is 2.88. The highest BCUT2D eigenvalue weighted by Gasteiger charge is 2.16. The Morgan fingerprint density at radius 3 is 2.86 bits per heavy atom. The molecule has 6 nitrogen and oxygen atoms in total. The molecule has 2 heterocycles. The van der Waals surface area contributed by atoms with Crippen LogP contribution in [0.15, 0.2) is 28.1 Å². The lowest BCUT2D eigenvalue weighted by Gasteiger charge is -2.08. The highest BCUT2D eigenvalue weighted by Crippen LogP contribution is 2.26. The molecule has 0 bridgehead atoms. The Balaban J connectivity index is 2.15. The predicted molar refractivity (Wildman–Crippen MR) is 89.0 cm³/mol. The van der Waals surface area contributed by atoms with E-state index in [4.69, 9.17) is 0 Å². The molecule has 0 radical (unpaired) electrons. The summed E-state index contributed by atoms with van der Waals surface area (Å²) in [5.41, 5.74) is -0.0207. The molecule has 0 aliphatic heterocycles. The van der Waals surface area contributed by atoms with Gasteiger partial charge in [0.05, 0.1) is 11.5 Å². The van der Waals surface area contributed by atoms with E-state index in [1.807, 2.05) is 18.4 Å². The highest BCUT2D eigenvalue weighted by molar-refractivity contribution is 9.10. The van der Waals surface area contributed by atoms with Gasteiger partial charge in [-0.3, -0.25) is 10.1 Å². The maximum Gasteiger partial charge on any atom is 0.311 e. The number of anilines is 2. The Kier molecular flexibility index (Phi) is 5.51. The van der Waals surface area contributed by atoms with Crippen LogP contribution in [-0.2, 0) is 6.54 Å². The van der Waals surface area contributed by atoms with Crippen LogP contribution in [0.3, 0.4) is 0 Å². The molecule has 112 valence electrons. The lowest BCUT2D eigenvalue weighted by Crippen LogP contribution is -2.07. The summed E-state index contributed by atoms with van der Waals surface area (Å²) in [6.07, 6.45) is 0.963. The maximum absolute atomic E-state index is 11.1. The third kappa shape index (κ3) is 4.40. The van der Waals surface area contributed by atoms with Gasteiger partial charge in [0.15, 0.2) is 0 Å². The quantitative estimate of drug-likeness (QED) is 0.562. The summed E-state index contributed by atoms with van der Waals surface area (Å²) in [6.45, 7) is 3.33. The second kappa shape index (κ2) is 7.37. The van der Waals surface area contributed by atoms with Gasteiger partial charge in [-0.15, -0.1) is 11.3 Å². The smallest absolute Gasteiger partial charge is 0.311 e. The van der Waals surface area contributed by atoms with Gasteiger partial charge >= 0.3 is 5.69 Å². The highest BCUT2D eigenvalue weighted by atomic mass is 79.9. The normalized spacial score (nSPS) is 10.4. The summed E-state index contributed by atoms with van der Waals surface area (Å²) >= 11 is 4.96. The van der Waals surface area contributed by atoms with Crippen LogP contribution >= 0.6 is 27.3 Å². The molecule has 0 fully saturated rings. The van der Waals surface area contributed by atoms with E-state index in [-0.39, 0.29) is 11.5 Å². The van der Waals surface area contributed by atoms with E-state index in [0.29, 0.717) is 12.4 Å². The fourth-order valence-corrected chi connectivity index (χ4v) is 3.09. The van der Waals surface area contributed by atoms with Crippen molar-refractivity contribution in [2.75, 3.05) is 17.2 Å². The first kappa shape index (κ1) is 15.7. The third-order valence-corrected chi connectivity index (χ3v) is 4.38. The van der Waals surface area contributed by atoms with E-state index < -0.39 is 4.92 Å². The Morgan fingerprint density at radius 2 is 2.24 bits per heavy atom. The van der Waals surface area contributed by atoms with Gasteiger partial charge in [0.25, 0.3) is 0 Å². The van der Waals surface area contributed by atoms with E-state index in [9.17, 15) is 10.1 Å². The molecular weight excluding hydrogens is 356 g/mol. The molecule has 0 spiro atoms. The van der Waals surface area contributed by atoms with Gasteiger partial charge in [-0.2, -0.15) is 0 Å². The Labute approximate surface area is 134 Å². The molecule has 0 aliphatic rings. The van der Waals surface area contributed by atoms with Crippen molar-refractivity contribution in [1.82, 2.24) is 4.98 Å². The summed E-state index contributed by atoms with van der Waals surface area (Å²) < 4.78 is 1.00. The topological polar surface area (TPSA) is 80.1 Å². The lowest BCUT2D eigenvalue weighted by atomic mass is 10.3. The van der Waals surface area contributed by atoms with Crippen LogP contribution in [0, 0.1) is 10.1 Å². The van der Waals surface area contributed by atoms with E-state index in [0.717, 1.165) is 22.3 Å². The van der Waals surface area contributed by atoms with Crippen molar-refractivity contribution in [1.29, 1.82) is 0 Å².